The average molecular weight is 362 g/mol. The van der Waals surface area contributed by atoms with Gasteiger partial charge in [-0.05, 0) is 69.5 Å². The minimum atomic E-state index is -0.657. The Kier molecular flexibility index (Phi) is 4.04. The van der Waals surface area contributed by atoms with Crippen LogP contribution < -0.4 is 10.2 Å². The highest BCUT2D eigenvalue weighted by molar-refractivity contribution is 6.31. The van der Waals surface area contributed by atoms with Crippen molar-refractivity contribution in [2.24, 2.45) is 5.92 Å². The fraction of sp³-hybridized carbons (Fsp3) is 0.579. The van der Waals surface area contributed by atoms with Crippen LogP contribution in [0.3, 0.4) is 0 Å². The molecule has 0 radical (unpaired) electrons. The van der Waals surface area contributed by atoms with Gasteiger partial charge < -0.3 is 15.1 Å². The quantitative estimate of drug-likeness (QED) is 0.897. The SMILES string of the molecule is CC1(C)C(=O)N(CC(=O)NC2CN3CCC2CC3)c2ccc(Cl)cc21. The van der Waals surface area contributed by atoms with Crippen LogP contribution in [0, 0.1) is 5.92 Å². The first-order chi connectivity index (χ1) is 11.9. The average Bonchev–Trinajstić information content (AvgIpc) is 2.77. The van der Waals surface area contributed by atoms with E-state index in [4.69, 9.17) is 11.6 Å². The van der Waals surface area contributed by atoms with E-state index in [9.17, 15) is 9.59 Å². The molecule has 3 saturated heterocycles. The fourth-order valence-corrected chi connectivity index (χ4v) is 4.66. The highest BCUT2D eigenvalue weighted by atomic mass is 35.5. The molecule has 4 aliphatic heterocycles. The molecule has 5 rings (SSSR count). The molecule has 4 aliphatic rings. The molecule has 0 aliphatic carbocycles. The van der Waals surface area contributed by atoms with Gasteiger partial charge in [0.05, 0.1) is 5.41 Å². The van der Waals surface area contributed by atoms with Gasteiger partial charge in [-0.15, -0.1) is 0 Å². The molecule has 134 valence electrons. The Labute approximate surface area is 153 Å². The fourth-order valence-electron chi connectivity index (χ4n) is 4.49. The van der Waals surface area contributed by atoms with Crippen molar-refractivity contribution in [3.63, 3.8) is 0 Å². The molecule has 1 aromatic rings. The van der Waals surface area contributed by atoms with Gasteiger partial charge in [0, 0.05) is 23.3 Å². The molecule has 3 fully saturated rings. The van der Waals surface area contributed by atoms with Gasteiger partial charge in [0.15, 0.2) is 0 Å². The summed E-state index contributed by atoms with van der Waals surface area (Å²) in [5.74, 6) is 0.449. The van der Waals surface area contributed by atoms with Gasteiger partial charge in [-0.25, -0.2) is 0 Å². The number of carbonyl (C=O) groups is 2. The highest BCUT2D eigenvalue weighted by Gasteiger charge is 2.45. The maximum Gasteiger partial charge on any atom is 0.240 e. The number of fused-ring (bicyclic) bond motifs is 4. The maximum atomic E-state index is 12.8. The van der Waals surface area contributed by atoms with E-state index in [1.54, 1.807) is 11.0 Å². The van der Waals surface area contributed by atoms with E-state index in [2.05, 4.69) is 10.2 Å². The zero-order valence-corrected chi connectivity index (χ0v) is 15.5. The number of halogens is 1. The topological polar surface area (TPSA) is 52.7 Å². The molecule has 5 nitrogen and oxygen atoms in total. The van der Waals surface area contributed by atoms with E-state index in [-0.39, 0.29) is 24.4 Å². The Hall–Kier alpha value is -1.59. The number of anilines is 1. The predicted molar refractivity (Wildman–Crippen MR) is 97.9 cm³/mol. The van der Waals surface area contributed by atoms with Crippen molar-refractivity contribution in [1.29, 1.82) is 0 Å². The largest absolute Gasteiger partial charge is 0.350 e. The third-order valence-corrected chi connectivity index (χ3v) is 6.24. The minimum Gasteiger partial charge on any atom is -0.350 e. The third-order valence-electron chi connectivity index (χ3n) is 6.01. The van der Waals surface area contributed by atoms with Crippen LogP contribution in [-0.2, 0) is 15.0 Å². The van der Waals surface area contributed by atoms with Crippen LogP contribution in [0.25, 0.3) is 0 Å². The van der Waals surface area contributed by atoms with Crippen molar-refractivity contribution in [3.8, 4) is 0 Å². The van der Waals surface area contributed by atoms with E-state index >= 15 is 0 Å². The summed E-state index contributed by atoms with van der Waals surface area (Å²) < 4.78 is 0. The van der Waals surface area contributed by atoms with Crippen molar-refractivity contribution in [1.82, 2.24) is 10.2 Å². The number of nitrogens with zero attached hydrogens (tertiary/aromatic N) is 2. The summed E-state index contributed by atoms with van der Waals surface area (Å²) in [7, 11) is 0. The van der Waals surface area contributed by atoms with Gasteiger partial charge in [-0.1, -0.05) is 11.6 Å². The highest BCUT2D eigenvalue weighted by Crippen LogP contribution is 2.42. The number of nitrogens with one attached hydrogen (secondary N) is 1. The lowest BCUT2D eigenvalue weighted by Crippen LogP contribution is -2.58. The molecule has 2 amide bonds. The summed E-state index contributed by atoms with van der Waals surface area (Å²) >= 11 is 6.10. The summed E-state index contributed by atoms with van der Waals surface area (Å²) in [6, 6.07) is 5.66. The van der Waals surface area contributed by atoms with Crippen LogP contribution in [0.15, 0.2) is 18.2 Å². The standard InChI is InChI=1S/C19H24ClN3O2/c1-19(2)14-9-13(20)3-4-16(14)23(18(19)25)11-17(24)21-15-10-22-7-5-12(15)6-8-22/h3-4,9,12,15H,5-8,10-11H2,1-2H3,(H,21,24). The molecule has 6 heteroatoms. The predicted octanol–water partition coefficient (Wildman–Crippen LogP) is 2.17. The Balaban J connectivity index is 1.49. The van der Waals surface area contributed by atoms with E-state index in [1.165, 1.54) is 0 Å². The molecular weight excluding hydrogens is 338 g/mol. The second-order valence-corrected chi connectivity index (χ2v) is 8.43. The number of benzene rings is 1. The van der Waals surface area contributed by atoms with Gasteiger partial charge in [0.1, 0.15) is 6.54 Å². The van der Waals surface area contributed by atoms with Crippen LogP contribution in [0.5, 0.6) is 0 Å². The lowest BCUT2D eigenvalue weighted by Gasteiger charge is -2.45. The van der Waals surface area contributed by atoms with Crippen LogP contribution in [0.2, 0.25) is 5.02 Å². The zero-order valence-electron chi connectivity index (χ0n) is 14.7. The Morgan fingerprint density at radius 1 is 1.32 bits per heavy atom. The second-order valence-electron chi connectivity index (χ2n) is 7.99. The number of piperidine rings is 3. The summed E-state index contributed by atoms with van der Waals surface area (Å²) in [4.78, 5) is 29.5. The van der Waals surface area contributed by atoms with Crippen LogP contribution >= 0.6 is 11.6 Å². The van der Waals surface area contributed by atoms with Gasteiger partial charge in [0.25, 0.3) is 0 Å². The number of amides is 2. The number of carbonyl (C=O) groups excluding carboxylic acids is 2. The number of hydrogen-bond acceptors (Lipinski definition) is 3. The van der Waals surface area contributed by atoms with Crippen molar-refractivity contribution in [2.45, 2.75) is 38.1 Å². The van der Waals surface area contributed by atoms with Crippen LogP contribution in [0.1, 0.15) is 32.3 Å². The lowest BCUT2D eigenvalue weighted by molar-refractivity contribution is -0.126. The van der Waals surface area contributed by atoms with Crippen LogP contribution in [-0.4, -0.2) is 48.9 Å². The minimum absolute atomic E-state index is 0.0474. The molecule has 0 spiro atoms. The Morgan fingerprint density at radius 2 is 2.04 bits per heavy atom. The molecule has 0 saturated carbocycles. The molecule has 1 N–H and O–H groups in total. The van der Waals surface area contributed by atoms with E-state index in [1.807, 2.05) is 26.0 Å². The molecular formula is C19H24ClN3O2. The smallest absolute Gasteiger partial charge is 0.240 e. The second kappa shape index (κ2) is 5.99. The first kappa shape index (κ1) is 16.9. The van der Waals surface area contributed by atoms with Crippen molar-refractivity contribution in [2.75, 3.05) is 31.1 Å². The molecule has 1 unspecified atom stereocenters. The summed E-state index contributed by atoms with van der Waals surface area (Å²) in [6.07, 6.45) is 2.31. The normalized spacial score (nSPS) is 29.6. The zero-order chi connectivity index (χ0) is 17.8. The molecule has 1 aromatic carbocycles. The number of rotatable bonds is 3. The summed E-state index contributed by atoms with van der Waals surface area (Å²) in [6.45, 7) is 7.06. The first-order valence-electron chi connectivity index (χ1n) is 9.00. The van der Waals surface area contributed by atoms with Gasteiger partial charge >= 0.3 is 0 Å². The van der Waals surface area contributed by atoms with E-state index in [0.29, 0.717) is 10.9 Å². The maximum absolute atomic E-state index is 12.8. The molecule has 25 heavy (non-hydrogen) atoms. The van der Waals surface area contributed by atoms with Gasteiger partial charge in [-0.2, -0.15) is 0 Å². The van der Waals surface area contributed by atoms with E-state index < -0.39 is 5.41 Å². The van der Waals surface area contributed by atoms with Crippen molar-refractivity contribution < 1.29 is 9.59 Å². The van der Waals surface area contributed by atoms with Crippen molar-refractivity contribution >= 4 is 29.1 Å². The Morgan fingerprint density at radius 3 is 2.68 bits per heavy atom. The van der Waals surface area contributed by atoms with Gasteiger partial charge in [0.2, 0.25) is 11.8 Å². The molecule has 4 heterocycles. The molecule has 0 aromatic heterocycles. The van der Waals surface area contributed by atoms with E-state index in [0.717, 1.165) is 43.7 Å². The molecule has 1 atom stereocenters. The summed E-state index contributed by atoms with van der Waals surface area (Å²) in [5, 5.41) is 3.78. The Bertz CT molecular complexity index is 725. The third kappa shape index (κ3) is 2.83. The van der Waals surface area contributed by atoms with Crippen LogP contribution in [0.4, 0.5) is 5.69 Å². The molecule has 2 bridgehead atoms. The number of hydrogen-bond donors (Lipinski definition) is 1. The van der Waals surface area contributed by atoms with Gasteiger partial charge in [-0.3, -0.25) is 9.59 Å². The van der Waals surface area contributed by atoms with Crippen molar-refractivity contribution in [3.05, 3.63) is 28.8 Å². The first-order valence-corrected chi connectivity index (χ1v) is 9.38. The lowest BCUT2D eigenvalue weighted by atomic mass is 9.84. The summed E-state index contributed by atoms with van der Waals surface area (Å²) in [5.41, 5.74) is 1.03. The monoisotopic (exact) mass is 361 g/mol.